The minimum Gasteiger partial charge on any atom is -0.464 e. The van der Waals surface area contributed by atoms with E-state index in [9.17, 15) is 4.79 Å². The molecule has 0 aliphatic heterocycles. The number of rotatable bonds is 1. The quantitative estimate of drug-likeness (QED) is 0.574. The number of esters is 1. The number of carbonyl (C=O) groups excluding carboxylic acids is 1. The first-order chi connectivity index (χ1) is 6.36. The van der Waals surface area contributed by atoms with Crippen LogP contribution in [-0.4, -0.2) is 22.9 Å². The van der Waals surface area contributed by atoms with E-state index in [0.717, 1.165) is 13.2 Å². The van der Waals surface area contributed by atoms with Crippen LogP contribution in [0.5, 0.6) is 0 Å². The van der Waals surface area contributed by atoms with Gasteiger partial charge in [0.25, 0.3) is 0 Å². The second-order valence-corrected chi connectivity index (χ2v) is 1.86. The maximum Gasteiger partial charge on any atom is 0.356 e. The molecule has 0 aliphatic rings. The van der Waals surface area contributed by atoms with E-state index < -0.39 is 12.9 Å². The summed E-state index contributed by atoms with van der Waals surface area (Å²) in [6, 6.07) is 1.15. The van der Waals surface area contributed by atoms with Crippen molar-refractivity contribution >= 4 is 11.8 Å². The van der Waals surface area contributed by atoms with Crippen LogP contribution in [0.2, 0.25) is 0 Å². The van der Waals surface area contributed by atoms with Crippen molar-refractivity contribution in [2.24, 2.45) is 6.98 Å². The number of nitrogen functional groups attached to an aromatic ring is 1. The molecule has 0 amide bonds. The fourth-order valence-electron chi connectivity index (χ4n) is 0.649. The van der Waals surface area contributed by atoms with Gasteiger partial charge in [-0.2, -0.15) is 5.10 Å². The molecular weight excluding hydrogens is 146 g/mol. The lowest BCUT2D eigenvalue weighted by molar-refractivity contribution is 0.0588. The van der Waals surface area contributed by atoms with E-state index in [4.69, 9.17) is 9.85 Å². The summed E-state index contributed by atoms with van der Waals surface area (Å²) in [5, 5.41) is 3.48. The molecule has 1 aromatic heterocycles. The zero-order chi connectivity index (χ0) is 10.9. The van der Waals surface area contributed by atoms with Gasteiger partial charge >= 0.3 is 5.97 Å². The number of hydrogen-bond donors (Lipinski definition) is 1. The van der Waals surface area contributed by atoms with Gasteiger partial charge in [-0.25, -0.2) is 4.79 Å². The van der Waals surface area contributed by atoms with Gasteiger partial charge in [0, 0.05) is 17.2 Å². The molecule has 0 aliphatic carbocycles. The first-order valence-corrected chi connectivity index (χ1v) is 2.80. The highest BCUT2D eigenvalue weighted by Crippen LogP contribution is 2.04. The number of hydrogen-bond acceptors (Lipinski definition) is 4. The third-order valence-corrected chi connectivity index (χ3v) is 1.12. The summed E-state index contributed by atoms with van der Waals surface area (Å²) in [6.45, 7) is -2.54. The number of methoxy groups -OCH3 is 1. The van der Waals surface area contributed by atoms with E-state index in [2.05, 4.69) is 9.84 Å². The number of carbonyl (C=O) groups is 1. The van der Waals surface area contributed by atoms with Gasteiger partial charge in [0.2, 0.25) is 0 Å². The SMILES string of the molecule is [2H]C([2H])([2H])n1nc(N)cc1C(=O)OC. The molecule has 1 heterocycles. The number of nitrogens with zero attached hydrogens (tertiary/aromatic N) is 2. The summed E-state index contributed by atoms with van der Waals surface area (Å²) in [5.74, 6) is -0.827. The highest BCUT2D eigenvalue weighted by Gasteiger charge is 2.10. The number of nitrogens with two attached hydrogens (primary N) is 1. The molecule has 5 heteroatoms. The van der Waals surface area contributed by atoms with Gasteiger partial charge in [0.05, 0.1) is 7.11 Å². The normalized spacial score (nSPS) is 14.8. The van der Waals surface area contributed by atoms with Gasteiger partial charge in [0.1, 0.15) is 11.5 Å². The second kappa shape index (κ2) is 2.61. The van der Waals surface area contributed by atoms with Crippen LogP contribution in [0.25, 0.3) is 0 Å². The maximum absolute atomic E-state index is 11.1. The molecule has 1 aromatic rings. The molecule has 0 bridgehead atoms. The molecule has 0 aromatic carbocycles. The molecule has 0 spiro atoms. The summed E-state index contributed by atoms with van der Waals surface area (Å²) in [4.78, 5) is 11.1. The van der Waals surface area contributed by atoms with Gasteiger partial charge in [-0.3, -0.25) is 4.68 Å². The summed E-state index contributed by atoms with van der Waals surface area (Å²) in [7, 11) is 1.15. The van der Waals surface area contributed by atoms with Crippen LogP contribution in [0.1, 0.15) is 14.6 Å². The highest BCUT2D eigenvalue weighted by molar-refractivity contribution is 5.88. The average molecular weight is 158 g/mol. The Balaban J connectivity index is 3.23. The highest BCUT2D eigenvalue weighted by atomic mass is 16.5. The van der Waals surface area contributed by atoms with Crippen molar-refractivity contribution < 1.29 is 13.6 Å². The van der Waals surface area contributed by atoms with E-state index in [1.165, 1.54) is 0 Å². The van der Waals surface area contributed by atoms with Crippen LogP contribution < -0.4 is 5.73 Å². The molecule has 0 saturated carbocycles. The minimum atomic E-state index is -2.54. The Bertz CT molecular complexity index is 358. The Labute approximate surface area is 68.0 Å². The standard InChI is InChI=1S/C6H9N3O2/c1-9-4(6(10)11-2)3-5(7)8-9/h3H,1-2H3,(H2,7,8)/i1D3. The lowest BCUT2D eigenvalue weighted by Crippen LogP contribution is -2.07. The van der Waals surface area contributed by atoms with Gasteiger partial charge in [-0.15, -0.1) is 0 Å². The minimum absolute atomic E-state index is 0.0403. The molecule has 0 atom stereocenters. The van der Waals surface area contributed by atoms with Gasteiger partial charge in [-0.1, -0.05) is 0 Å². The molecule has 0 radical (unpaired) electrons. The van der Waals surface area contributed by atoms with E-state index >= 15 is 0 Å². The lowest BCUT2D eigenvalue weighted by Gasteiger charge is -1.96. The van der Waals surface area contributed by atoms with Crippen molar-refractivity contribution in [2.75, 3.05) is 12.8 Å². The zero-order valence-electron chi connectivity index (χ0n) is 8.87. The summed E-state index contributed by atoms with van der Waals surface area (Å²) in [6.07, 6.45) is 0. The summed E-state index contributed by atoms with van der Waals surface area (Å²) >= 11 is 0. The number of anilines is 1. The number of aryl methyl sites for hydroxylation is 1. The van der Waals surface area contributed by atoms with Crippen LogP contribution in [0.3, 0.4) is 0 Å². The van der Waals surface area contributed by atoms with Crippen molar-refractivity contribution in [3.8, 4) is 0 Å². The summed E-state index contributed by atoms with van der Waals surface area (Å²) in [5.41, 5.74) is 5.09. The van der Waals surface area contributed by atoms with Crippen molar-refractivity contribution in [2.45, 2.75) is 0 Å². The van der Waals surface area contributed by atoms with Crippen LogP contribution in [0.15, 0.2) is 6.07 Å². The largest absolute Gasteiger partial charge is 0.464 e. The Morgan fingerprint density at radius 1 is 2.00 bits per heavy atom. The molecule has 11 heavy (non-hydrogen) atoms. The second-order valence-electron chi connectivity index (χ2n) is 1.86. The smallest absolute Gasteiger partial charge is 0.356 e. The molecule has 1 rings (SSSR count). The molecule has 5 nitrogen and oxygen atoms in total. The third-order valence-electron chi connectivity index (χ3n) is 1.12. The van der Waals surface area contributed by atoms with Gasteiger partial charge in [0.15, 0.2) is 0 Å². The first kappa shape index (κ1) is 4.38. The van der Waals surface area contributed by atoms with E-state index in [-0.39, 0.29) is 11.5 Å². The van der Waals surface area contributed by atoms with Crippen molar-refractivity contribution in [3.05, 3.63) is 11.8 Å². The third kappa shape index (κ3) is 1.31. The molecule has 0 fully saturated rings. The van der Waals surface area contributed by atoms with Crippen LogP contribution in [0.4, 0.5) is 5.82 Å². The molecular formula is C6H9N3O2. The Hall–Kier alpha value is -1.52. The van der Waals surface area contributed by atoms with E-state index in [0.29, 0.717) is 4.68 Å². The number of ether oxygens (including phenoxy) is 1. The molecule has 2 N–H and O–H groups in total. The van der Waals surface area contributed by atoms with E-state index in [1.807, 2.05) is 0 Å². The monoisotopic (exact) mass is 158 g/mol. The topological polar surface area (TPSA) is 70.1 Å². The summed E-state index contributed by atoms with van der Waals surface area (Å²) < 4.78 is 26.1. The fraction of sp³-hybridized carbons (Fsp3) is 0.333. The Kier molecular flexibility index (Phi) is 1.04. The predicted octanol–water partition coefficient (Wildman–Crippen LogP) is -0.211. The average Bonchev–Trinajstić information content (AvgIpc) is 2.45. The van der Waals surface area contributed by atoms with Gasteiger partial charge < -0.3 is 10.5 Å². The molecule has 0 saturated heterocycles. The van der Waals surface area contributed by atoms with Crippen LogP contribution in [-0.2, 0) is 11.7 Å². The lowest BCUT2D eigenvalue weighted by atomic mass is 10.4. The predicted molar refractivity (Wildman–Crippen MR) is 39.0 cm³/mol. The Morgan fingerprint density at radius 2 is 2.73 bits per heavy atom. The van der Waals surface area contributed by atoms with Crippen LogP contribution >= 0.6 is 0 Å². The molecule has 60 valence electrons. The van der Waals surface area contributed by atoms with Crippen molar-refractivity contribution in [3.63, 3.8) is 0 Å². The van der Waals surface area contributed by atoms with Crippen LogP contribution in [0, 0.1) is 0 Å². The zero-order valence-corrected chi connectivity index (χ0v) is 5.87. The Morgan fingerprint density at radius 3 is 3.27 bits per heavy atom. The van der Waals surface area contributed by atoms with E-state index in [1.54, 1.807) is 0 Å². The van der Waals surface area contributed by atoms with Gasteiger partial charge in [-0.05, 0) is 0 Å². The number of aromatic nitrogens is 2. The molecule has 0 unspecified atom stereocenters. The fourth-order valence-corrected chi connectivity index (χ4v) is 0.649. The van der Waals surface area contributed by atoms with Crippen molar-refractivity contribution in [1.82, 2.24) is 9.78 Å². The maximum atomic E-state index is 11.1. The van der Waals surface area contributed by atoms with Crippen molar-refractivity contribution in [1.29, 1.82) is 0 Å². The first-order valence-electron chi connectivity index (χ1n) is 4.30.